The second-order valence-corrected chi connectivity index (χ2v) is 4.58. The second-order valence-electron chi connectivity index (χ2n) is 4.58. The lowest BCUT2D eigenvalue weighted by molar-refractivity contribution is 0.166. The minimum atomic E-state index is 0.207. The summed E-state index contributed by atoms with van der Waals surface area (Å²) >= 11 is 0. The third-order valence-electron chi connectivity index (χ3n) is 3.03. The van der Waals surface area contributed by atoms with Gasteiger partial charge in [0.2, 0.25) is 0 Å². The number of hydrogen-bond acceptors (Lipinski definition) is 2. The third kappa shape index (κ3) is 3.86. The van der Waals surface area contributed by atoms with Crippen molar-refractivity contribution in [2.24, 2.45) is 5.73 Å². The van der Waals surface area contributed by atoms with E-state index in [1.54, 1.807) is 0 Å². The highest BCUT2D eigenvalue weighted by molar-refractivity contribution is 5.77. The minimum absolute atomic E-state index is 0.207. The zero-order chi connectivity index (χ0) is 12.8. The molecule has 0 aromatic heterocycles. The highest BCUT2D eigenvalue weighted by Crippen LogP contribution is 2.25. The first-order chi connectivity index (χ1) is 8.06. The number of nitrogens with two attached hydrogens (primary N) is 1. The molecule has 1 rings (SSSR count). The Morgan fingerprint density at radius 3 is 2.29 bits per heavy atom. The molecule has 0 spiro atoms. The number of amidine groups is 1. The fourth-order valence-corrected chi connectivity index (χ4v) is 2.26. The molecule has 1 aromatic rings. The fourth-order valence-electron chi connectivity index (χ4n) is 2.26. The number of benzene rings is 1. The van der Waals surface area contributed by atoms with Gasteiger partial charge < -0.3 is 5.73 Å². The molecule has 3 N–H and O–H groups in total. The van der Waals surface area contributed by atoms with Crippen LogP contribution in [0.4, 0.5) is 0 Å². The SMILES string of the molecule is CCN(C(C)C)C(CC(=N)N)c1ccccc1. The molecule has 94 valence electrons. The molecule has 0 heterocycles. The Labute approximate surface area is 104 Å². The zero-order valence-corrected chi connectivity index (χ0v) is 11.0. The van der Waals surface area contributed by atoms with E-state index in [2.05, 4.69) is 37.8 Å². The zero-order valence-electron chi connectivity index (χ0n) is 11.0. The topological polar surface area (TPSA) is 53.1 Å². The third-order valence-corrected chi connectivity index (χ3v) is 3.03. The quantitative estimate of drug-likeness (QED) is 0.586. The normalized spacial score (nSPS) is 13.0. The summed E-state index contributed by atoms with van der Waals surface area (Å²) in [6.07, 6.45) is 0.593. The summed E-state index contributed by atoms with van der Waals surface area (Å²) in [5, 5.41) is 7.53. The number of rotatable bonds is 6. The predicted octanol–water partition coefficient (Wildman–Crippen LogP) is 2.78. The second kappa shape index (κ2) is 6.40. The molecule has 3 nitrogen and oxygen atoms in total. The van der Waals surface area contributed by atoms with E-state index in [1.807, 2.05) is 18.2 Å². The van der Waals surface area contributed by atoms with Gasteiger partial charge in [0.1, 0.15) is 0 Å². The Morgan fingerprint density at radius 1 is 1.29 bits per heavy atom. The Hall–Kier alpha value is -1.35. The van der Waals surface area contributed by atoms with Crippen LogP contribution in [-0.4, -0.2) is 23.3 Å². The lowest BCUT2D eigenvalue weighted by atomic mass is 10.00. The Morgan fingerprint density at radius 2 is 1.88 bits per heavy atom. The van der Waals surface area contributed by atoms with Crippen molar-refractivity contribution in [3.05, 3.63) is 35.9 Å². The summed E-state index contributed by atoms with van der Waals surface area (Å²) in [6.45, 7) is 7.47. The van der Waals surface area contributed by atoms with Crippen molar-refractivity contribution >= 4 is 5.84 Å². The molecular formula is C14H23N3. The van der Waals surface area contributed by atoms with Crippen LogP contribution in [0.15, 0.2) is 30.3 Å². The first-order valence-electron chi connectivity index (χ1n) is 6.19. The van der Waals surface area contributed by atoms with Crippen LogP contribution < -0.4 is 5.73 Å². The van der Waals surface area contributed by atoms with Gasteiger partial charge in [0.05, 0.1) is 5.84 Å². The molecule has 3 heteroatoms. The van der Waals surface area contributed by atoms with E-state index < -0.39 is 0 Å². The van der Waals surface area contributed by atoms with Crippen molar-refractivity contribution in [2.45, 2.75) is 39.3 Å². The smallest absolute Gasteiger partial charge is 0.0924 e. The van der Waals surface area contributed by atoms with Gasteiger partial charge >= 0.3 is 0 Å². The largest absolute Gasteiger partial charge is 0.388 e. The lowest BCUT2D eigenvalue weighted by Gasteiger charge is -2.34. The van der Waals surface area contributed by atoms with Gasteiger partial charge in [0.15, 0.2) is 0 Å². The first-order valence-corrected chi connectivity index (χ1v) is 6.19. The molecule has 0 saturated heterocycles. The highest BCUT2D eigenvalue weighted by atomic mass is 15.2. The molecule has 1 atom stereocenters. The van der Waals surface area contributed by atoms with Crippen LogP contribution in [0.2, 0.25) is 0 Å². The maximum Gasteiger partial charge on any atom is 0.0924 e. The number of hydrogen-bond donors (Lipinski definition) is 2. The van der Waals surface area contributed by atoms with Crippen molar-refractivity contribution in [1.82, 2.24) is 4.90 Å². The average Bonchev–Trinajstić information content (AvgIpc) is 2.29. The van der Waals surface area contributed by atoms with E-state index in [9.17, 15) is 0 Å². The van der Waals surface area contributed by atoms with E-state index in [4.69, 9.17) is 11.1 Å². The van der Waals surface area contributed by atoms with Gasteiger partial charge in [-0.15, -0.1) is 0 Å². The standard InChI is InChI=1S/C14H23N3/c1-4-17(11(2)3)13(10-14(15)16)12-8-6-5-7-9-12/h5-9,11,13H,4,10H2,1-3H3,(H3,15,16). The van der Waals surface area contributed by atoms with E-state index in [-0.39, 0.29) is 11.9 Å². The van der Waals surface area contributed by atoms with E-state index in [0.29, 0.717) is 12.5 Å². The summed E-state index contributed by atoms with van der Waals surface area (Å²) in [5.74, 6) is 0.248. The van der Waals surface area contributed by atoms with Crippen LogP contribution in [0.3, 0.4) is 0 Å². The highest BCUT2D eigenvalue weighted by Gasteiger charge is 2.21. The van der Waals surface area contributed by atoms with Crippen molar-refractivity contribution in [3.8, 4) is 0 Å². The van der Waals surface area contributed by atoms with Crippen LogP contribution in [-0.2, 0) is 0 Å². The van der Waals surface area contributed by atoms with Gasteiger partial charge in [-0.25, -0.2) is 0 Å². The maximum atomic E-state index is 7.53. The van der Waals surface area contributed by atoms with Crippen LogP contribution in [0.5, 0.6) is 0 Å². The van der Waals surface area contributed by atoms with Crippen LogP contribution in [0.1, 0.15) is 38.8 Å². The van der Waals surface area contributed by atoms with Crippen LogP contribution >= 0.6 is 0 Å². The number of nitrogens with one attached hydrogen (secondary N) is 1. The molecule has 0 aliphatic rings. The summed E-state index contributed by atoms with van der Waals surface area (Å²) in [6, 6.07) is 11.0. The first kappa shape index (κ1) is 13.7. The number of nitrogens with zero attached hydrogens (tertiary/aromatic N) is 1. The van der Waals surface area contributed by atoms with Crippen molar-refractivity contribution < 1.29 is 0 Å². The summed E-state index contributed by atoms with van der Waals surface area (Å²) < 4.78 is 0. The summed E-state index contributed by atoms with van der Waals surface area (Å²) in [4.78, 5) is 2.37. The van der Waals surface area contributed by atoms with Crippen LogP contribution in [0, 0.1) is 5.41 Å². The van der Waals surface area contributed by atoms with Gasteiger partial charge in [0.25, 0.3) is 0 Å². The Bertz CT molecular complexity index is 346. The Kier molecular flexibility index (Phi) is 5.16. The Balaban J connectivity index is 2.98. The summed E-state index contributed by atoms with van der Waals surface area (Å²) in [5.41, 5.74) is 6.81. The van der Waals surface area contributed by atoms with Gasteiger partial charge in [-0.05, 0) is 26.0 Å². The van der Waals surface area contributed by atoms with Gasteiger partial charge in [-0.2, -0.15) is 0 Å². The molecule has 0 fully saturated rings. The van der Waals surface area contributed by atoms with E-state index in [1.165, 1.54) is 5.56 Å². The maximum absolute atomic E-state index is 7.53. The van der Waals surface area contributed by atoms with Gasteiger partial charge in [-0.3, -0.25) is 10.3 Å². The predicted molar refractivity (Wildman–Crippen MR) is 73.2 cm³/mol. The molecule has 0 saturated carbocycles. The summed E-state index contributed by atoms with van der Waals surface area (Å²) in [7, 11) is 0. The fraction of sp³-hybridized carbons (Fsp3) is 0.500. The van der Waals surface area contributed by atoms with Crippen molar-refractivity contribution in [3.63, 3.8) is 0 Å². The molecule has 1 aromatic carbocycles. The molecule has 0 bridgehead atoms. The molecule has 0 aliphatic carbocycles. The minimum Gasteiger partial charge on any atom is -0.388 e. The monoisotopic (exact) mass is 233 g/mol. The molecule has 0 amide bonds. The molecule has 0 aliphatic heterocycles. The van der Waals surface area contributed by atoms with Gasteiger partial charge in [0, 0.05) is 18.5 Å². The van der Waals surface area contributed by atoms with E-state index in [0.717, 1.165) is 6.54 Å². The van der Waals surface area contributed by atoms with Crippen LogP contribution in [0.25, 0.3) is 0 Å². The molecular weight excluding hydrogens is 210 g/mol. The molecule has 17 heavy (non-hydrogen) atoms. The molecule has 1 unspecified atom stereocenters. The average molecular weight is 233 g/mol. The molecule has 0 radical (unpaired) electrons. The van der Waals surface area contributed by atoms with E-state index >= 15 is 0 Å². The van der Waals surface area contributed by atoms with Crippen molar-refractivity contribution in [1.29, 1.82) is 5.41 Å². The van der Waals surface area contributed by atoms with Crippen molar-refractivity contribution in [2.75, 3.05) is 6.54 Å². The lowest BCUT2D eigenvalue weighted by Crippen LogP contribution is -2.36. The van der Waals surface area contributed by atoms with Gasteiger partial charge in [-0.1, -0.05) is 37.3 Å².